The summed E-state index contributed by atoms with van der Waals surface area (Å²) in [5.74, 6) is -1.30. The van der Waals surface area contributed by atoms with Crippen LogP contribution >= 0.6 is 11.3 Å². The molecule has 1 amide bonds. The van der Waals surface area contributed by atoms with Crippen LogP contribution in [0, 0.1) is 0 Å². The Morgan fingerprint density at radius 2 is 2.15 bits per heavy atom. The smallest absolute Gasteiger partial charge is 0.350 e. The number of fused-ring (bicyclic) bond motifs is 1. The standard InChI is InChI=1S/C10H12F3N5OS/c1-2-3-4-6(19)14-5-7-17-18-8(10(11,12)13)15-16-9(18)20-7/h2-5H2,1H3,(H,14,19). The lowest BCUT2D eigenvalue weighted by atomic mass is 10.2. The number of carbonyl (C=O) groups is 1. The topological polar surface area (TPSA) is 72.2 Å². The highest BCUT2D eigenvalue weighted by Crippen LogP contribution is 2.28. The molecule has 6 nitrogen and oxygen atoms in total. The maximum atomic E-state index is 12.6. The molecule has 20 heavy (non-hydrogen) atoms. The fourth-order valence-corrected chi connectivity index (χ4v) is 2.28. The SMILES string of the molecule is CCCCC(=O)NCc1nn2c(C(F)(F)F)nnc2s1. The van der Waals surface area contributed by atoms with Gasteiger partial charge < -0.3 is 5.32 Å². The lowest BCUT2D eigenvalue weighted by molar-refractivity contribution is -0.146. The molecule has 0 aliphatic rings. The van der Waals surface area contributed by atoms with Crippen LogP contribution in [0.2, 0.25) is 0 Å². The molecule has 0 saturated heterocycles. The van der Waals surface area contributed by atoms with Gasteiger partial charge in [-0.3, -0.25) is 4.79 Å². The van der Waals surface area contributed by atoms with E-state index in [4.69, 9.17) is 0 Å². The van der Waals surface area contributed by atoms with Crippen molar-refractivity contribution in [2.24, 2.45) is 0 Å². The van der Waals surface area contributed by atoms with Gasteiger partial charge in [0, 0.05) is 6.42 Å². The third-order valence-electron chi connectivity index (χ3n) is 2.48. The van der Waals surface area contributed by atoms with Crippen LogP contribution in [-0.4, -0.2) is 25.7 Å². The van der Waals surface area contributed by atoms with E-state index in [0.717, 1.165) is 24.2 Å². The zero-order valence-corrected chi connectivity index (χ0v) is 11.4. The van der Waals surface area contributed by atoms with Crippen molar-refractivity contribution >= 4 is 22.2 Å². The van der Waals surface area contributed by atoms with Crippen LogP contribution in [-0.2, 0) is 17.5 Å². The van der Waals surface area contributed by atoms with Crippen LogP contribution in [0.3, 0.4) is 0 Å². The molecule has 2 aromatic heterocycles. The third-order valence-corrected chi connectivity index (χ3v) is 3.38. The Morgan fingerprint density at radius 3 is 2.80 bits per heavy atom. The van der Waals surface area contributed by atoms with E-state index in [2.05, 4.69) is 20.6 Å². The fraction of sp³-hybridized carbons (Fsp3) is 0.600. The number of hydrogen-bond acceptors (Lipinski definition) is 5. The van der Waals surface area contributed by atoms with Crippen LogP contribution < -0.4 is 5.32 Å². The van der Waals surface area contributed by atoms with E-state index in [0.29, 0.717) is 15.9 Å². The predicted octanol–water partition coefficient (Wildman–Crippen LogP) is 2.01. The molecule has 1 N–H and O–H groups in total. The second-order valence-electron chi connectivity index (χ2n) is 4.09. The minimum absolute atomic E-state index is 0.0510. The first-order chi connectivity index (χ1) is 9.41. The van der Waals surface area contributed by atoms with E-state index in [1.807, 2.05) is 6.92 Å². The molecule has 110 valence electrons. The summed E-state index contributed by atoms with van der Waals surface area (Å²) in [6.45, 7) is 2.06. The number of carbonyl (C=O) groups excluding carboxylic acids is 1. The number of rotatable bonds is 5. The highest BCUT2D eigenvalue weighted by Gasteiger charge is 2.38. The molecule has 2 heterocycles. The molecule has 0 bridgehead atoms. The maximum absolute atomic E-state index is 12.6. The second kappa shape index (κ2) is 5.73. The van der Waals surface area contributed by atoms with Gasteiger partial charge in [0.05, 0.1) is 6.54 Å². The van der Waals surface area contributed by atoms with Crippen LogP contribution in [0.4, 0.5) is 13.2 Å². The number of halogens is 3. The highest BCUT2D eigenvalue weighted by atomic mass is 32.1. The number of nitrogens with one attached hydrogen (secondary N) is 1. The minimum Gasteiger partial charge on any atom is -0.350 e. The Balaban J connectivity index is 2.05. The first-order valence-electron chi connectivity index (χ1n) is 5.97. The summed E-state index contributed by atoms with van der Waals surface area (Å²) < 4.78 is 38.4. The van der Waals surface area contributed by atoms with Crippen molar-refractivity contribution in [3.8, 4) is 0 Å². The van der Waals surface area contributed by atoms with Gasteiger partial charge in [0.2, 0.25) is 10.9 Å². The Kier molecular flexibility index (Phi) is 4.21. The van der Waals surface area contributed by atoms with Crippen molar-refractivity contribution in [2.75, 3.05) is 0 Å². The second-order valence-corrected chi connectivity index (χ2v) is 5.13. The van der Waals surface area contributed by atoms with Crippen molar-refractivity contribution in [2.45, 2.75) is 38.9 Å². The van der Waals surface area contributed by atoms with Gasteiger partial charge in [-0.1, -0.05) is 24.7 Å². The Hall–Kier alpha value is -1.71. The summed E-state index contributed by atoms with van der Waals surface area (Å²) in [5.41, 5.74) is 0. The van der Waals surface area contributed by atoms with Gasteiger partial charge >= 0.3 is 6.18 Å². The van der Waals surface area contributed by atoms with Crippen LogP contribution in [0.25, 0.3) is 4.96 Å². The zero-order valence-electron chi connectivity index (χ0n) is 10.6. The predicted molar refractivity (Wildman–Crippen MR) is 65.0 cm³/mol. The van der Waals surface area contributed by atoms with Gasteiger partial charge in [-0.15, -0.1) is 10.2 Å². The number of amides is 1. The lowest BCUT2D eigenvalue weighted by Crippen LogP contribution is -2.22. The van der Waals surface area contributed by atoms with Crippen molar-refractivity contribution in [1.82, 2.24) is 25.1 Å². The van der Waals surface area contributed by atoms with Gasteiger partial charge in [0.1, 0.15) is 5.01 Å². The number of alkyl halides is 3. The molecule has 0 unspecified atom stereocenters. The molecule has 2 aromatic rings. The first kappa shape index (κ1) is 14.7. The normalized spacial score (nSPS) is 12.0. The maximum Gasteiger partial charge on any atom is 0.453 e. The number of nitrogens with zero attached hydrogens (tertiary/aromatic N) is 4. The summed E-state index contributed by atoms with van der Waals surface area (Å²) in [4.78, 5) is 11.5. The minimum atomic E-state index is -4.60. The molecule has 0 spiro atoms. The molecule has 2 rings (SSSR count). The van der Waals surface area contributed by atoms with E-state index in [9.17, 15) is 18.0 Å². The van der Waals surface area contributed by atoms with Crippen molar-refractivity contribution < 1.29 is 18.0 Å². The van der Waals surface area contributed by atoms with E-state index < -0.39 is 12.0 Å². The van der Waals surface area contributed by atoms with Crippen LogP contribution in [0.5, 0.6) is 0 Å². The largest absolute Gasteiger partial charge is 0.453 e. The molecule has 0 radical (unpaired) electrons. The quantitative estimate of drug-likeness (QED) is 0.917. The van der Waals surface area contributed by atoms with Crippen LogP contribution in [0.15, 0.2) is 0 Å². The Labute approximate surface area is 116 Å². The zero-order chi connectivity index (χ0) is 14.8. The summed E-state index contributed by atoms with van der Waals surface area (Å²) in [6.07, 6.45) is -2.53. The van der Waals surface area contributed by atoms with Crippen molar-refractivity contribution in [3.63, 3.8) is 0 Å². The molecule has 0 aromatic carbocycles. The molecule has 0 aliphatic heterocycles. The van der Waals surface area contributed by atoms with Crippen molar-refractivity contribution in [3.05, 3.63) is 10.8 Å². The lowest BCUT2D eigenvalue weighted by Gasteiger charge is -2.02. The number of hydrogen-bond donors (Lipinski definition) is 1. The molecular weight excluding hydrogens is 295 g/mol. The summed E-state index contributed by atoms with van der Waals surface area (Å²) >= 11 is 0.964. The monoisotopic (exact) mass is 307 g/mol. The average Bonchev–Trinajstić information content (AvgIpc) is 2.91. The molecular formula is C10H12F3N5OS. The molecule has 0 fully saturated rings. The molecule has 0 saturated carbocycles. The fourth-order valence-electron chi connectivity index (χ4n) is 1.50. The van der Waals surface area contributed by atoms with E-state index in [1.54, 1.807) is 0 Å². The van der Waals surface area contributed by atoms with Crippen LogP contribution in [0.1, 0.15) is 37.0 Å². The number of unbranched alkanes of at least 4 members (excludes halogenated alkanes) is 1. The molecule has 0 aliphatic carbocycles. The Morgan fingerprint density at radius 1 is 1.40 bits per heavy atom. The molecule has 10 heteroatoms. The average molecular weight is 307 g/mol. The summed E-state index contributed by atoms with van der Waals surface area (Å²) in [7, 11) is 0. The summed E-state index contributed by atoms with van der Waals surface area (Å²) in [5, 5.41) is 13.2. The van der Waals surface area contributed by atoms with E-state index >= 15 is 0 Å². The van der Waals surface area contributed by atoms with Gasteiger partial charge in [-0.05, 0) is 6.42 Å². The van der Waals surface area contributed by atoms with Gasteiger partial charge in [-0.2, -0.15) is 22.8 Å². The first-order valence-corrected chi connectivity index (χ1v) is 6.78. The highest BCUT2D eigenvalue weighted by molar-refractivity contribution is 7.16. The van der Waals surface area contributed by atoms with E-state index in [-0.39, 0.29) is 17.4 Å². The van der Waals surface area contributed by atoms with Gasteiger partial charge in [0.25, 0.3) is 5.82 Å². The van der Waals surface area contributed by atoms with Gasteiger partial charge in [0.15, 0.2) is 0 Å². The van der Waals surface area contributed by atoms with E-state index in [1.165, 1.54) is 0 Å². The molecule has 0 atom stereocenters. The van der Waals surface area contributed by atoms with Crippen molar-refractivity contribution in [1.29, 1.82) is 0 Å². The third kappa shape index (κ3) is 3.24. The van der Waals surface area contributed by atoms with Gasteiger partial charge in [-0.25, -0.2) is 0 Å². The Bertz CT molecular complexity index is 606. The summed E-state index contributed by atoms with van der Waals surface area (Å²) in [6, 6.07) is 0. The number of aromatic nitrogens is 4.